The van der Waals surface area contributed by atoms with E-state index in [0.717, 1.165) is 128 Å². The maximum atomic E-state index is 12.9. The van der Waals surface area contributed by atoms with Gasteiger partial charge in [0.25, 0.3) is 0 Å². The molecule has 0 aromatic rings. The summed E-state index contributed by atoms with van der Waals surface area (Å²) in [7, 11) is 0. The van der Waals surface area contributed by atoms with Crippen LogP contribution in [0.3, 0.4) is 0 Å². The first kappa shape index (κ1) is 77.1. The van der Waals surface area contributed by atoms with Gasteiger partial charge in [-0.3, -0.25) is 14.4 Å². The molecule has 0 aromatic carbocycles. The van der Waals surface area contributed by atoms with E-state index in [2.05, 4.69) is 130 Å². The Bertz CT molecular complexity index is 1620. The number of ether oxygens (including phenoxy) is 3. The summed E-state index contributed by atoms with van der Waals surface area (Å²) in [5, 5.41) is 0. The zero-order valence-electron chi connectivity index (χ0n) is 53.3. The van der Waals surface area contributed by atoms with E-state index in [4.69, 9.17) is 14.2 Å². The van der Waals surface area contributed by atoms with Crippen molar-refractivity contribution in [3.05, 3.63) is 109 Å². The molecule has 0 saturated carbocycles. The normalized spacial score (nSPS) is 12.8. The van der Waals surface area contributed by atoms with Gasteiger partial charge in [-0.1, -0.05) is 310 Å². The van der Waals surface area contributed by atoms with Crippen LogP contribution in [-0.4, -0.2) is 37.2 Å². The lowest BCUT2D eigenvalue weighted by molar-refractivity contribution is -0.167. The van der Waals surface area contributed by atoms with Crippen LogP contribution in [0.2, 0.25) is 0 Å². The van der Waals surface area contributed by atoms with Gasteiger partial charge in [0.15, 0.2) is 6.10 Å². The Hall–Kier alpha value is -3.93. The minimum absolute atomic E-state index is 0.0839. The van der Waals surface area contributed by atoms with Crippen LogP contribution >= 0.6 is 0 Å². The monoisotopic (exact) mass is 1120 g/mol. The molecule has 0 saturated heterocycles. The number of unbranched alkanes of at least 4 members (excludes halogenated alkanes) is 33. The molecule has 0 N–H and O–H groups in total. The maximum Gasteiger partial charge on any atom is 0.306 e. The van der Waals surface area contributed by atoms with E-state index in [1.807, 2.05) is 0 Å². The van der Waals surface area contributed by atoms with Gasteiger partial charge in [-0.05, 0) is 109 Å². The first-order valence-electron chi connectivity index (χ1n) is 34.4. The van der Waals surface area contributed by atoms with Crippen molar-refractivity contribution in [2.24, 2.45) is 0 Å². The van der Waals surface area contributed by atoms with Crippen molar-refractivity contribution in [1.82, 2.24) is 0 Å². The Balaban J connectivity index is 4.39. The first-order chi connectivity index (χ1) is 40.0. The van der Waals surface area contributed by atoms with Crippen LogP contribution < -0.4 is 0 Å². The summed E-state index contributed by atoms with van der Waals surface area (Å²) in [5.74, 6) is -0.891. The van der Waals surface area contributed by atoms with E-state index < -0.39 is 6.10 Å². The second-order valence-corrected chi connectivity index (χ2v) is 22.7. The molecular weight excluding hydrogens is 997 g/mol. The van der Waals surface area contributed by atoms with Crippen molar-refractivity contribution in [2.45, 2.75) is 335 Å². The molecule has 0 radical (unpaired) electrons. The molecule has 0 heterocycles. The van der Waals surface area contributed by atoms with Gasteiger partial charge in [0.1, 0.15) is 13.2 Å². The van der Waals surface area contributed by atoms with Gasteiger partial charge in [0.2, 0.25) is 0 Å². The van der Waals surface area contributed by atoms with Crippen LogP contribution in [0.5, 0.6) is 0 Å². The number of carbonyl (C=O) groups excluding carboxylic acids is 3. The van der Waals surface area contributed by atoms with E-state index in [-0.39, 0.29) is 31.1 Å². The molecule has 0 aliphatic rings. The Morgan fingerprint density at radius 2 is 0.481 bits per heavy atom. The SMILES string of the molecule is CC/C=C\C/C=C\C/C=C\C/C=C\C/C=C\C/C=C\CCCCCCCCCCC(=O)OCC(COC(=O)CCCCCCCCCCCCCCCCCCC)OC(=O)CCCCCCCC/C=C\C/C=C\C/C=C\CCCCC. The molecule has 0 aliphatic carbocycles. The Kier molecular flexibility index (Phi) is 65.2. The standard InChI is InChI=1S/C75H128O6/c1-4-7-10-13-16-19-22-25-28-31-33-34-35-36-37-38-39-40-42-44-47-50-53-56-59-62-65-68-74(77)80-71-72(70-79-73(76)67-64-61-58-55-52-49-46-43-30-27-24-21-18-15-12-9-6-3)81-75(78)69-66-63-60-57-54-51-48-45-41-32-29-26-23-20-17-14-11-8-5-2/h7,10,16-17,19-20,25-26,28-29,33-34,36-37,39-41,45,72H,4-6,8-9,11-15,18,21-24,27,30-32,35,38,42-44,46-71H2,1-3H3/b10-7-,19-16-,20-17-,28-25-,29-26-,34-33-,37-36-,40-39-,45-41-. The minimum atomic E-state index is -0.791. The quantitative estimate of drug-likeness (QED) is 0.0261. The highest BCUT2D eigenvalue weighted by atomic mass is 16.6. The fourth-order valence-corrected chi connectivity index (χ4v) is 9.63. The van der Waals surface area contributed by atoms with E-state index in [1.165, 1.54) is 161 Å². The van der Waals surface area contributed by atoms with Gasteiger partial charge < -0.3 is 14.2 Å². The predicted octanol–water partition coefficient (Wildman–Crippen LogP) is 23.8. The summed E-state index contributed by atoms with van der Waals surface area (Å²) in [6, 6.07) is 0. The lowest BCUT2D eigenvalue weighted by Gasteiger charge is -2.18. The second-order valence-electron chi connectivity index (χ2n) is 22.7. The van der Waals surface area contributed by atoms with Crippen LogP contribution in [0.15, 0.2) is 109 Å². The molecule has 0 bridgehead atoms. The van der Waals surface area contributed by atoms with Crippen LogP contribution in [-0.2, 0) is 28.6 Å². The third kappa shape index (κ3) is 66.8. The minimum Gasteiger partial charge on any atom is -0.462 e. The average molecular weight is 1130 g/mol. The second kappa shape index (κ2) is 68.6. The van der Waals surface area contributed by atoms with Crippen molar-refractivity contribution in [1.29, 1.82) is 0 Å². The molecule has 6 heteroatoms. The lowest BCUT2D eigenvalue weighted by atomic mass is 10.0. The van der Waals surface area contributed by atoms with Crippen molar-refractivity contribution in [3.63, 3.8) is 0 Å². The topological polar surface area (TPSA) is 78.9 Å². The maximum absolute atomic E-state index is 12.9. The van der Waals surface area contributed by atoms with Crippen molar-refractivity contribution < 1.29 is 28.6 Å². The molecular formula is C75H128O6. The smallest absolute Gasteiger partial charge is 0.306 e. The summed E-state index contributed by atoms with van der Waals surface area (Å²) in [4.78, 5) is 38.4. The molecule has 464 valence electrons. The fourth-order valence-electron chi connectivity index (χ4n) is 9.63. The van der Waals surface area contributed by atoms with Gasteiger partial charge in [0, 0.05) is 19.3 Å². The molecule has 1 unspecified atom stereocenters. The van der Waals surface area contributed by atoms with Crippen LogP contribution in [0.1, 0.15) is 329 Å². The zero-order chi connectivity index (χ0) is 58.5. The number of rotatable bonds is 62. The zero-order valence-corrected chi connectivity index (χ0v) is 53.3. The Morgan fingerprint density at radius 3 is 0.778 bits per heavy atom. The van der Waals surface area contributed by atoms with E-state index in [9.17, 15) is 14.4 Å². The molecule has 0 spiro atoms. The predicted molar refractivity (Wildman–Crippen MR) is 353 cm³/mol. The highest BCUT2D eigenvalue weighted by Crippen LogP contribution is 2.17. The molecule has 6 nitrogen and oxygen atoms in total. The number of allylic oxidation sites excluding steroid dienone is 18. The van der Waals surface area contributed by atoms with E-state index >= 15 is 0 Å². The molecule has 81 heavy (non-hydrogen) atoms. The highest BCUT2D eigenvalue weighted by molar-refractivity contribution is 5.71. The van der Waals surface area contributed by atoms with Crippen LogP contribution in [0.4, 0.5) is 0 Å². The van der Waals surface area contributed by atoms with Gasteiger partial charge in [0.05, 0.1) is 0 Å². The van der Waals surface area contributed by atoms with Gasteiger partial charge >= 0.3 is 17.9 Å². The summed E-state index contributed by atoms with van der Waals surface area (Å²) in [5.41, 5.74) is 0. The molecule has 0 fully saturated rings. The molecule has 1 atom stereocenters. The van der Waals surface area contributed by atoms with E-state index in [1.54, 1.807) is 0 Å². The summed E-state index contributed by atoms with van der Waals surface area (Å²) >= 11 is 0. The summed E-state index contributed by atoms with van der Waals surface area (Å²) in [6.45, 7) is 6.52. The Labute approximate surface area is 501 Å². The molecule has 0 aliphatic heterocycles. The van der Waals surface area contributed by atoms with Gasteiger partial charge in [-0.2, -0.15) is 0 Å². The number of hydrogen-bond donors (Lipinski definition) is 0. The fraction of sp³-hybridized carbons (Fsp3) is 0.720. The number of esters is 3. The van der Waals surface area contributed by atoms with Crippen LogP contribution in [0, 0.1) is 0 Å². The van der Waals surface area contributed by atoms with E-state index in [0.29, 0.717) is 19.3 Å². The van der Waals surface area contributed by atoms with Crippen molar-refractivity contribution >= 4 is 17.9 Å². The van der Waals surface area contributed by atoms with Gasteiger partial charge in [-0.25, -0.2) is 0 Å². The molecule has 0 amide bonds. The lowest BCUT2D eigenvalue weighted by Crippen LogP contribution is -2.30. The van der Waals surface area contributed by atoms with Gasteiger partial charge in [-0.15, -0.1) is 0 Å². The average Bonchev–Trinajstić information content (AvgIpc) is 3.47. The number of hydrogen-bond acceptors (Lipinski definition) is 6. The summed E-state index contributed by atoms with van der Waals surface area (Å²) < 4.78 is 17.0. The summed E-state index contributed by atoms with van der Waals surface area (Å²) in [6.07, 6.45) is 93.8. The first-order valence-corrected chi connectivity index (χ1v) is 34.4. The highest BCUT2D eigenvalue weighted by Gasteiger charge is 2.19. The van der Waals surface area contributed by atoms with Crippen LogP contribution in [0.25, 0.3) is 0 Å². The van der Waals surface area contributed by atoms with Crippen molar-refractivity contribution in [2.75, 3.05) is 13.2 Å². The largest absolute Gasteiger partial charge is 0.462 e. The molecule has 0 rings (SSSR count). The van der Waals surface area contributed by atoms with Crippen molar-refractivity contribution in [3.8, 4) is 0 Å². The third-order valence-electron chi connectivity index (χ3n) is 14.8. The Morgan fingerprint density at radius 1 is 0.259 bits per heavy atom. The molecule has 0 aromatic heterocycles. The third-order valence-corrected chi connectivity index (χ3v) is 14.8. The number of carbonyl (C=O) groups is 3.